The third kappa shape index (κ3) is 4.23. The number of amides is 2. The van der Waals surface area contributed by atoms with Crippen molar-refractivity contribution in [3.63, 3.8) is 0 Å². The number of nitrogens with one attached hydrogen (secondary N) is 1. The molecule has 0 saturated carbocycles. The number of rotatable bonds is 6. The number of hydrogen-bond donors (Lipinski definition) is 1. The quantitative estimate of drug-likeness (QED) is 0.819. The summed E-state index contributed by atoms with van der Waals surface area (Å²) in [5.74, 6) is 0.399. The standard InChI is InChI=1S/C17H18N4O3S2/c1-3-21-15(23)13(26-17(21)20-16-18-8-9-25-16)10-14(22)19-11-4-6-12(24-2)7-5-11/h4-9,13H,3,10H2,1-2H3,(H,19,22)/b20-17+. The van der Waals surface area contributed by atoms with E-state index in [1.165, 1.54) is 23.1 Å². The van der Waals surface area contributed by atoms with Crippen LogP contribution in [0.5, 0.6) is 5.75 Å². The van der Waals surface area contributed by atoms with Gasteiger partial charge in [0, 0.05) is 30.2 Å². The zero-order valence-corrected chi connectivity index (χ0v) is 16.0. The minimum atomic E-state index is -0.480. The first-order valence-electron chi connectivity index (χ1n) is 8.01. The van der Waals surface area contributed by atoms with Gasteiger partial charge in [0.05, 0.1) is 7.11 Å². The fourth-order valence-corrected chi connectivity index (χ4v) is 4.19. The topological polar surface area (TPSA) is 83.9 Å². The Morgan fingerprint density at radius 3 is 2.77 bits per heavy atom. The van der Waals surface area contributed by atoms with Crippen LogP contribution in [0, 0.1) is 0 Å². The average molecular weight is 390 g/mol. The molecule has 2 amide bonds. The number of nitrogens with zero attached hydrogens (tertiary/aromatic N) is 3. The van der Waals surface area contributed by atoms with Gasteiger partial charge in [0.15, 0.2) is 5.17 Å². The number of ether oxygens (including phenoxy) is 1. The molecular formula is C17H18N4O3S2. The molecule has 1 aliphatic rings. The van der Waals surface area contributed by atoms with Crippen molar-refractivity contribution in [2.24, 2.45) is 4.99 Å². The van der Waals surface area contributed by atoms with Crippen molar-refractivity contribution >= 4 is 50.9 Å². The second kappa shape index (κ2) is 8.33. The van der Waals surface area contributed by atoms with Gasteiger partial charge in [0.2, 0.25) is 16.9 Å². The summed E-state index contributed by atoms with van der Waals surface area (Å²) >= 11 is 2.71. The highest BCUT2D eigenvalue weighted by atomic mass is 32.2. The van der Waals surface area contributed by atoms with E-state index < -0.39 is 5.25 Å². The SMILES string of the molecule is CCN1C(=O)C(CC(=O)Nc2ccc(OC)cc2)S/C1=N/c1nccs1. The Morgan fingerprint density at radius 1 is 1.38 bits per heavy atom. The Balaban J connectivity index is 1.65. The van der Waals surface area contributed by atoms with Gasteiger partial charge >= 0.3 is 0 Å². The molecule has 1 saturated heterocycles. The number of carbonyl (C=O) groups excluding carboxylic acids is 2. The lowest BCUT2D eigenvalue weighted by Gasteiger charge is -2.12. The van der Waals surface area contributed by atoms with Gasteiger partial charge < -0.3 is 10.1 Å². The maximum atomic E-state index is 12.6. The normalized spacial score (nSPS) is 18.4. The summed E-state index contributed by atoms with van der Waals surface area (Å²) in [4.78, 5) is 35.0. The number of hydrogen-bond acceptors (Lipinski definition) is 7. The zero-order valence-electron chi connectivity index (χ0n) is 14.3. The van der Waals surface area contributed by atoms with Gasteiger partial charge in [-0.05, 0) is 31.2 Å². The second-order valence-electron chi connectivity index (χ2n) is 5.38. The van der Waals surface area contributed by atoms with Crippen LogP contribution in [0.3, 0.4) is 0 Å². The number of aromatic nitrogens is 1. The third-order valence-corrected chi connectivity index (χ3v) is 5.53. The summed E-state index contributed by atoms with van der Waals surface area (Å²) in [6.45, 7) is 2.39. The lowest BCUT2D eigenvalue weighted by molar-refractivity contribution is -0.128. The molecule has 1 aliphatic heterocycles. The van der Waals surface area contributed by atoms with E-state index in [9.17, 15) is 9.59 Å². The number of carbonyl (C=O) groups is 2. The maximum absolute atomic E-state index is 12.6. The number of thiazole rings is 1. The number of methoxy groups -OCH3 is 1. The van der Waals surface area contributed by atoms with E-state index in [1.54, 1.807) is 42.5 Å². The highest BCUT2D eigenvalue weighted by Gasteiger charge is 2.38. The van der Waals surface area contributed by atoms with Gasteiger partial charge in [-0.3, -0.25) is 14.5 Å². The summed E-state index contributed by atoms with van der Waals surface area (Å²) < 4.78 is 5.09. The van der Waals surface area contributed by atoms with E-state index in [0.29, 0.717) is 28.3 Å². The predicted molar refractivity (Wildman–Crippen MR) is 104 cm³/mol. The first-order chi connectivity index (χ1) is 12.6. The molecule has 1 N–H and O–H groups in total. The van der Waals surface area contributed by atoms with Gasteiger partial charge in [-0.15, -0.1) is 11.3 Å². The molecule has 0 radical (unpaired) electrons. The van der Waals surface area contributed by atoms with Crippen LogP contribution in [0.25, 0.3) is 0 Å². The number of aliphatic imine (C=N–C) groups is 1. The molecule has 1 unspecified atom stereocenters. The van der Waals surface area contributed by atoms with Crippen molar-refractivity contribution in [1.82, 2.24) is 9.88 Å². The molecule has 1 aromatic heterocycles. The van der Waals surface area contributed by atoms with E-state index in [-0.39, 0.29) is 18.2 Å². The van der Waals surface area contributed by atoms with Gasteiger partial charge in [0.25, 0.3) is 0 Å². The fraction of sp³-hybridized carbons (Fsp3) is 0.294. The van der Waals surface area contributed by atoms with Gasteiger partial charge in [-0.2, -0.15) is 4.99 Å². The van der Waals surface area contributed by atoms with Crippen LogP contribution in [0.2, 0.25) is 0 Å². The molecule has 2 aromatic rings. The van der Waals surface area contributed by atoms with Crippen molar-refractivity contribution in [3.05, 3.63) is 35.8 Å². The molecule has 0 aliphatic carbocycles. The Labute approximate surface area is 159 Å². The molecule has 1 atom stereocenters. The number of anilines is 1. The smallest absolute Gasteiger partial charge is 0.242 e. The number of amidine groups is 1. The summed E-state index contributed by atoms with van der Waals surface area (Å²) in [5, 5.41) is 5.35. The fourth-order valence-electron chi connectivity index (χ4n) is 2.42. The van der Waals surface area contributed by atoms with Crippen LogP contribution < -0.4 is 10.1 Å². The van der Waals surface area contributed by atoms with E-state index in [2.05, 4.69) is 15.3 Å². The molecule has 7 nitrogen and oxygen atoms in total. The monoisotopic (exact) mass is 390 g/mol. The number of benzene rings is 1. The first kappa shape index (κ1) is 18.4. The Hall–Kier alpha value is -2.39. The molecule has 3 rings (SSSR count). The van der Waals surface area contributed by atoms with E-state index in [4.69, 9.17) is 4.74 Å². The van der Waals surface area contributed by atoms with Crippen LogP contribution in [-0.2, 0) is 9.59 Å². The highest BCUT2D eigenvalue weighted by molar-refractivity contribution is 8.15. The zero-order chi connectivity index (χ0) is 18.5. The minimum absolute atomic E-state index is 0.0862. The van der Waals surface area contributed by atoms with Crippen molar-refractivity contribution < 1.29 is 14.3 Å². The maximum Gasteiger partial charge on any atom is 0.242 e. The number of thioether (sulfide) groups is 1. The van der Waals surface area contributed by atoms with Gasteiger partial charge in [-0.25, -0.2) is 4.98 Å². The van der Waals surface area contributed by atoms with Gasteiger partial charge in [-0.1, -0.05) is 11.8 Å². The summed E-state index contributed by atoms with van der Waals surface area (Å²) in [7, 11) is 1.58. The van der Waals surface area contributed by atoms with E-state index in [1.807, 2.05) is 12.3 Å². The van der Waals surface area contributed by atoms with Gasteiger partial charge in [0.1, 0.15) is 11.0 Å². The average Bonchev–Trinajstić information content (AvgIpc) is 3.24. The molecule has 0 bridgehead atoms. The third-order valence-electron chi connectivity index (χ3n) is 3.69. The van der Waals surface area contributed by atoms with E-state index in [0.717, 1.165) is 0 Å². The molecule has 26 heavy (non-hydrogen) atoms. The Bertz CT molecular complexity index is 806. The van der Waals surface area contributed by atoms with Crippen LogP contribution in [0.1, 0.15) is 13.3 Å². The lowest BCUT2D eigenvalue weighted by Crippen LogP contribution is -2.33. The van der Waals surface area contributed by atoms with Crippen molar-refractivity contribution in [3.8, 4) is 5.75 Å². The Morgan fingerprint density at radius 2 is 2.15 bits per heavy atom. The molecule has 1 fully saturated rings. The lowest BCUT2D eigenvalue weighted by atomic mass is 10.2. The van der Waals surface area contributed by atoms with E-state index >= 15 is 0 Å². The summed E-state index contributed by atoms with van der Waals surface area (Å²) in [6.07, 6.45) is 1.75. The largest absolute Gasteiger partial charge is 0.497 e. The van der Waals surface area contributed by atoms with Crippen LogP contribution >= 0.6 is 23.1 Å². The van der Waals surface area contributed by atoms with Crippen molar-refractivity contribution in [2.45, 2.75) is 18.6 Å². The predicted octanol–water partition coefficient (Wildman–Crippen LogP) is 3.13. The highest BCUT2D eigenvalue weighted by Crippen LogP contribution is 2.32. The van der Waals surface area contributed by atoms with Crippen LogP contribution in [-0.4, -0.2) is 45.8 Å². The van der Waals surface area contributed by atoms with Crippen molar-refractivity contribution in [1.29, 1.82) is 0 Å². The van der Waals surface area contributed by atoms with Crippen molar-refractivity contribution in [2.75, 3.05) is 19.0 Å². The minimum Gasteiger partial charge on any atom is -0.497 e. The summed E-state index contributed by atoms with van der Waals surface area (Å²) in [6, 6.07) is 7.05. The molecule has 1 aromatic carbocycles. The molecule has 0 spiro atoms. The second-order valence-corrected chi connectivity index (χ2v) is 7.42. The molecular weight excluding hydrogens is 372 g/mol. The molecule has 9 heteroatoms. The van der Waals surface area contributed by atoms with Crippen LogP contribution in [0.15, 0.2) is 40.8 Å². The Kier molecular flexibility index (Phi) is 5.89. The summed E-state index contributed by atoms with van der Waals surface area (Å²) in [5.41, 5.74) is 0.662. The molecule has 136 valence electrons. The molecule has 2 heterocycles. The van der Waals surface area contributed by atoms with Crippen LogP contribution in [0.4, 0.5) is 10.8 Å². The first-order valence-corrected chi connectivity index (χ1v) is 9.76.